The van der Waals surface area contributed by atoms with E-state index < -0.39 is 0 Å². The molecule has 1 aromatic heterocycles. The summed E-state index contributed by atoms with van der Waals surface area (Å²) in [5.41, 5.74) is 2.27. The predicted molar refractivity (Wildman–Crippen MR) is 49.1 cm³/mol. The van der Waals surface area contributed by atoms with Gasteiger partial charge in [0, 0.05) is 24.9 Å². The van der Waals surface area contributed by atoms with Crippen LogP contribution in [0, 0.1) is 0 Å². The average Bonchev–Trinajstić information content (AvgIpc) is 2.05. The molecule has 1 heterocycles. The molecule has 2 nitrogen and oxygen atoms in total. The number of aliphatic hydroxyl groups is 1. The molecule has 1 rings (SSSR count). The molecule has 0 aliphatic heterocycles. The number of hydrogen-bond acceptors (Lipinski definition) is 2. The molecule has 0 unspecified atom stereocenters. The molecule has 0 saturated heterocycles. The van der Waals surface area contributed by atoms with Gasteiger partial charge in [-0.05, 0) is 17.5 Å². The zero-order valence-electron chi connectivity index (χ0n) is 7.62. The number of aromatic nitrogens is 1. The fourth-order valence-electron chi connectivity index (χ4n) is 1.29. The lowest BCUT2D eigenvalue weighted by Gasteiger charge is -2.09. The minimum absolute atomic E-state index is 0.177. The van der Waals surface area contributed by atoms with Gasteiger partial charge in [0.25, 0.3) is 0 Å². The third-order valence-corrected chi connectivity index (χ3v) is 1.90. The van der Waals surface area contributed by atoms with Crippen LogP contribution in [0.3, 0.4) is 0 Å². The summed E-state index contributed by atoms with van der Waals surface area (Å²) < 4.78 is 0. The van der Waals surface area contributed by atoms with Crippen LogP contribution >= 0.6 is 0 Å². The molecular formula is C10H15NO. The van der Waals surface area contributed by atoms with Gasteiger partial charge in [0.05, 0.1) is 0 Å². The maximum absolute atomic E-state index is 8.79. The normalized spacial score (nSPS) is 10.7. The first kappa shape index (κ1) is 9.20. The van der Waals surface area contributed by atoms with E-state index in [0.29, 0.717) is 12.3 Å². The second-order valence-electron chi connectivity index (χ2n) is 3.17. The lowest BCUT2D eigenvalue weighted by atomic mass is 10.0. The van der Waals surface area contributed by atoms with Crippen LogP contribution in [0.4, 0.5) is 0 Å². The third kappa shape index (κ3) is 2.05. The van der Waals surface area contributed by atoms with E-state index in [2.05, 4.69) is 24.9 Å². The van der Waals surface area contributed by atoms with Gasteiger partial charge >= 0.3 is 0 Å². The first-order chi connectivity index (χ1) is 5.75. The number of nitrogens with zero attached hydrogens (tertiary/aromatic N) is 1. The summed E-state index contributed by atoms with van der Waals surface area (Å²) in [4.78, 5) is 4.23. The van der Waals surface area contributed by atoms with Crippen molar-refractivity contribution in [2.24, 2.45) is 0 Å². The summed E-state index contributed by atoms with van der Waals surface area (Å²) >= 11 is 0. The molecule has 0 fully saturated rings. The van der Waals surface area contributed by atoms with Crippen molar-refractivity contribution in [3.8, 4) is 0 Å². The number of hydrogen-bond donors (Lipinski definition) is 1. The summed E-state index contributed by atoms with van der Waals surface area (Å²) in [6.07, 6.45) is 2.44. The molecule has 0 aromatic carbocycles. The Kier molecular flexibility index (Phi) is 3.23. The molecule has 0 saturated carbocycles. The first-order valence-electron chi connectivity index (χ1n) is 4.30. The SMILES string of the molecule is CC(C)c1cccnc1CCO. The van der Waals surface area contributed by atoms with Crippen molar-refractivity contribution in [3.05, 3.63) is 29.6 Å². The Hall–Kier alpha value is -0.890. The van der Waals surface area contributed by atoms with E-state index in [1.165, 1.54) is 5.56 Å². The molecule has 2 heteroatoms. The monoisotopic (exact) mass is 165 g/mol. The van der Waals surface area contributed by atoms with Gasteiger partial charge in [-0.15, -0.1) is 0 Å². The Morgan fingerprint density at radius 1 is 1.50 bits per heavy atom. The first-order valence-corrected chi connectivity index (χ1v) is 4.30. The largest absolute Gasteiger partial charge is 0.396 e. The Balaban J connectivity index is 2.92. The summed E-state index contributed by atoms with van der Waals surface area (Å²) in [5, 5.41) is 8.79. The molecular weight excluding hydrogens is 150 g/mol. The van der Waals surface area contributed by atoms with E-state index >= 15 is 0 Å². The summed E-state index contributed by atoms with van der Waals surface area (Å²) in [5.74, 6) is 0.486. The van der Waals surface area contributed by atoms with Gasteiger partial charge in [-0.25, -0.2) is 0 Å². The van der Waals surface area contributed by atoms with Gasteiger partial charge in [-0.3, -0.25) is 4.98 Å². The standard InChI is InChI=1S/C10H15NO/c1-8(2)9-4-3-6-11-10(9)5-7-12/h3-4,6,8,12H,5,7H2,1-2H3. The second-order valence-corrected chi connectivity index (χ2v) is 3.17. The van der Waals surface area contributed by atoms with E-state index in [9.17, 15) is 0 Å². The van der Waals surface area contributed by atoms with E-state index in [4.69, 9.17) is 5.11 Å². The molecule has 0 aliphatic rings. The lowest BCUT2D eigenvalue weighted by Crippen LogP contribution is -2.01. The number of rotatable bonds is 3. The molecule has 0 bridgehead atoms. The van der Waals surface area contributed by atoms with Crippen LogP contribution in [0.5, 0.6) is 0 Å². The summed E-state index contributed by atoms with van der Waals surface area (Å²) in [6.45, 7) is 4.45. The van der Waals surface area contributed by atoms with Crippen LogP contribution in [0.1, 0.15) is 31.0 Å². The molecule has 66 valence electrons. The van der Waals surface area contributed by atoms with Gasteiger partial charge in [0.1, 0.15) is 0 Å². The fourth-order valence-corrected chi connectivity index (χ4v) is 1.29. The molecule has 1 aromatic rings. The minimum Gasteiger partial charge on any atom is -0.396 e. The van der Waals surface area contributed by atoms with Crippen LogP contribution in [0.15, 0.2) is 18.3 Å². The van der Waals surface area contributed by atoms with Crippen molar-refractivity contribution in [1.82, 2.24) is 4.98 Å². The van der Waals surface area contributed by atoms with Gasteiger partial charge in [0.15, 0.2) is 0 Å². The van der Waals surface area contributed by atoms with E-state index in [0.717, 1.165) is 5.69 Å². The summed E-state index contributed by atoms with van der Waals surface area (Å²) in [6, 6.07) is 4.01. The van der Waals surface area contributed by atoms with Gasteiger partial charge in [-0.2, -0.15) is 0 Å². The molecule has 0 spiro atoms. The van der Waals surface area contributed by atoms with Gasteiger partial charge in [0.2, 0.25) is 0 Å². The highest BCUT2D eigenvalue weighted by molar-refractivity contribution is 5.23. The van der Waals surface area contributed by atoms with Crippen LogP contribution in [0.2, 0.25) is 0 Å². The smallest absolute Gasteiger partial charge is 0.0486 e. The molecule has 12 heavy (non-hydrogen) atoms. The lowest BCUT2D eigenvalue weighted by molar-refractivity contribution is 0.297. The molecule has 0 radical (unpaired) electrons. The van der Waals surface area contributed by atoms with Crippen molar-refractivity contribution < 1.29 is 5.11 Å². The summed E-state index contributed by atoms with van der Waals surface area (Å²) in [7, 11) is 0. The zero-order valence-corrected chi connectivity index (χ0v) is 7.62. The van der Waals surface area contributed by atoms with Crippen molar-refractivity contribution in [2.75, 3.05) is 6.61 Å². The zero-order chi connectivity index (χ0) is 8.97. The van der Waals surface area contributed by atoms with E-state index in [-0.39, 0.29) is 6.61 Å². The van der Waals surface area contributed by atoms with E-state index in [1.807, 2.05) is 6.07 Å². The Morgan fingerprint density at radius 2 is 2.25 bits per heavy atom. The second kappa shape index (κ2) is 4.21. The highest BCUT2D eigenvalue weighted by Crippen LogP contribution is 2.17. The van der Waals surface area contributed by atoms with Gasteiger partial charge < -0.3 is 5.11 Å². The van der Waals surface area contributed by atoms with Crippen LogP contribution in [-0.2, 0) is 6.42 Å². The maximum atomic E-state index is 8.79. The number of pyridine rings is 1. The Morgan fingerprint density at radius 3 is 2.83 bits per heavy atom. The van der Waals surface area contributed by atoms with Crippen LogP contribution in [0.25, 0.3) is 0 Å². The van der Waals surface area contributed by atoms with Crippen LogP contribution in [-0.4, -0.2) is 16.7 Å². The molecule has 0 amide bonds. The van der Waals surface area contributed by atoms with Crippen molar-refractivity contribution >= 4 is 0 Å². The highest BCUT2D eigenvalue weighted by Gasteiger charge is 2.05. The molecule has 1 N–H and O–H groups in total. The average molecular weight is 165 g/mol. The molecule has 0 atom stereocenters. The molecule has 0 aliphatic carbocycles. The topological polar surface area (TPSA) is 33.1 Å². The minimum atomic E-state index is 0.177. The maximum Gasteiger partial charge on any atom is 0.0486 e. The number of aliphatic hydroxyl groups excluding tert-OH is 1. The predicted octanol–water partition coefficient (Wildman–Crippen LogP) is 1.74. The van der Waals surface area contributed by atoms with Gasteiger partial charge in [-0.1, -0.05) is 19.9 Å². The van der Waals surface area contributed by atoms with Crippen molar-refractivity contribution in [1.29, 1.82) is 0 Å². The van der Waals surface area contributed by atoms with E-state index in [1.54, 1.807) is 6.20 Å². The van der Waals surface area contributed by atoms with Crippen molar-refractivity contribution in [3.63, 3.8) is 0 Å². The highest BCUT2D eigenvalue weighted by atomic mass is 16.3. The third-order valence-electron chi connectivity index (χ3n) is 1.90. The Labute approximate surface area is 73.3 Å². The fraction of sp³-hybridized carbons (Fsp3) is 0.500. The van der Waals surface area contributed by atoms with Crippen LogP contribution < -0.4 is 0 Å². The van der Waals surface area contributed by atoms with Crippen molar-refractivity contribution in [2.45, 2.75) is 26.2 Å². The quantitative estimate of drug-likeness (QED) is 0.740. The Bertz CT molecular complexity index is 245.